The molecule has 1 unspecified atom stereocenters. The Balaban J connectivity index is 2.22. The molecule has 4 heteroatoms. The molecule has 10 heavy (non-hydrogen) atoms. The highest BCUT2D eigenvalue weighted by molar-refractivity contribution is 8.08. The van der Waals surface area contributed by atoms with Crippen LogP contribution in [-0.2, 0) is 9.53 Å². The second kappa shape index (κ2) is 2.80. The molecule has 0 aromatic heterocycles. The predicted molar refractivity (Wildman–Crippen MR) is 38.9 cm³/mol. The van der Waals surface area contributed by atoms with Crippen molar-refractivity contribution in [3.05, 3.63) is 0 Å². The Morgan fingerprint density at radius 1 is 1.90 bits per heavy atom. The highest BCUT2D eigenvalue weighted by Gasteiger charge is 2.47. The maximum Gasteiger partial charge on any atom is 0.322 e. The molecule has 0 radical (unpaired) electrons. The van der Waals surface area contributed by atoms with Gasteiger partial charge in [0, 0.05) is 5.75 Å². The van der Waals surface area contributed by atoms with Crippen molar-refractivity contribution in [2.75, 3.05) is 19.0 Å². The second-order valence-corrected chi connectivity index (χ2v) is 3.86. The first-order valence-corrected chi connectivity index (χ1v) is 4.10. The molecule has 0 aliphatic carbocycles. The van der Waals surface area contributed by atoms with Crippen LogP contribution in [0.5, 0.6) is 0 Å². The van der Waals surface area contributed by atoms with E-state index in [1.807, 2.05) is 6.92 Å². The number of carbonyl (C=O) groups is 1. The lowest BCUT2D eigenvalue weighted by Gasteiger charge is -2.05. The van der Waals surface area contributed by atoms with Crippen molar-refractivity contribution in [3.63, 3.8) is 0 Å². The molecule has 1 aliphatic rings. The van der Waals surface area contributed by atoms with E-state index in [1.165, 1.54) is 0 Å². The molecule has 0 saturated carbocycles. The fourth-order valence-corrected chi connectivity index (χ4v) is 1.03. The highest BCUT2D eigenvalue weighted by atomic mass is 32.2. The van der Waals surface area contributed by atoms with Crippen LogP contribution >= 0.6 is 11.8 Å². The Hall–Kier alpha value is -0.220. The van der Waals surface area contributed by atoms with E-state index in [1.54, 1.807) is 11.8 Å². The van der Waals surface area contributed by atoms with Gasteiger partial charge in [0.25, 0.3) is 0 Å². The van der Waals surface area contributed by atoms with Gasteiger partial charge in [-0.3, -0.25) is 4.79 Å². The van der Waals surface area contributed by atoms with E-state index < -0.39 is 0 Å². The minimum absolute atomic E-state index is 0.0908. The summed E-state index contributed by atoms with van der Waals surface area (Å²) >= 11 is 1.57. The maximum absolute atomic E-state index is 10.9. The molecular formula is C6H10O3S. The van der Waals surface area contributed by atoms with Crippen LogP contribution in [0.2, 0.25) is 0 Å². The molecule has 1 heterocycles. The molecule has 0 aromatic rings. The number of thioether (sulfide) groups is 1. The monoisotopic (exact) mass is 162 g/mol. The summed E-state index contributed by atoms with van der Waals surface area (Å²) in [6, 6.07) is 0. The molecule has 1 atom stereocenters. The fraction of sp³-hybridized carbons (Fsp3) is 0.833. The van der Waals surface area contributed by atoms with Crippen LogP contribution in [0.15, 0.2) is 0 Å². The summed E-state index contributed by atoms with van der Waals surface area (Å²) in [6.45, 7) is 1.87. The minimum Gasteiger partial charge on any atom is -0.462 e. The largest absolute Gasteiger partial charge is 0.462 e. The van der Waals surface area contributed by atoms with Gasteiger partial charge < -0.3 is 9.84 Å². The van der Waals surface area contributed by atoms with Gasteiger partial charge in [0.2, 0.25) is 0 Å². The van der Waals surface area contributed by atoms with Crippen molar-refractivity contribution in [3.8, 4) is 0 Å². The van der Waals surface area contributed by atoms with Crippen LogP contribution in [0.25, 0.3) is 0 Å². The van der Waals surface area contributed by atoms with Crippen LogP contribution in [0.3, 0.4) is 0 Å². The maximum atomic E-state index is 10.9. The van der Waals surface area contributed by atoms with Crippen molar-refractivity contribution in [2.45, 2.75) is 11.7 Å². The summed E-state index contributed by atoms with van der Waals surface area (Å²) in [5.41, 5.74) is 0. The number of carbonyl (C=O) groups excluding carboxylic acids is 1. The standard InChI is InChI=1S/C6H10O3S/c1-6(4-10-6)5(8)9-3-2-7/h7H,2-4H2,1H3. The summed E-state index contributed by atoms with van der Waals surface area (Å²) in [7, 11) is 0. The van der Waals surface area contributed by atoms with Crippen molar-refractivity contribution >= 4 is 17.7 Å². The van der Waals surface area contributed by atoms with E-state index in [-0.39, 0.29) is 23.9 Å². The van der Waals surface area contributed by atoms with Crippen molar-refractivity contribution in [1.29, 1.82) is 0 Å². The van der Waals surface area contributed by atoms with Crippen LogP contribution < -0.4 is 0 Å². The zero-order valence-electron chi connectivity index (χ0n) is 5.79. The van der Waals surface area contributed by atoms with E-state index >= 15 is 0 Å². The SMILES string of the molecule is CC1(C(=O)OCCO)CS1. The third kappa shape index (κ3) is 1.64. The van der Waals surface area contributed by atoms with Gasteiger partial charge in [-0.25, -0.2) is 0 Å². The first-order chi connectivity index (χ1) is 4.69. The number of rotatable bonds is 3. The van der Waals surface area contributed by atoms with Crippen LogP contribution in [0, 0.1) is 0 Å². The van der Waals surface area contributed by atoms with Gasteiger partial charge in [-0.05, 0) is 6.92 Å². The van der Waals surface area contributed by atoms with Gasteiger partial charge in [-0.2, -0.15) is 0 Å². The van der Waals surface area contributed by atoms with E-state index in [2.05, 4.69) is 0 Å². The molecule has 0 spiro atoms. The number of hydrogen-bond donors (Lipinski definition) is 1. The number of ether oxygens (including phenoxy) is 1. The highest BCUT2D eigenvalue weighted by Crippen LogP contribution is 2.44. The Kier molecular flexibility index (Phi) is 2.21. The number of hydrogen-bond acceptors (Lipinski definition) is 4. The van der Waals surface area contributed by atoms with Gasteiger partial charge in [0.05, 0.1) is 6.61 Å². The average Bonchev–Trinajstić information content (AvgIpc) is 2.64. The Labute approximate surface area is 63.8 Å². The average molecular weight is 162 g/mol. The first kappa shape index (κ1) is 7.88. The fourth-order valence-electron chi connectivity index (χ4n) is 0.517. The van der Waals surface area contributed by atoms with Crippen molar-refractivity contribution in [2.24, 2.45) is 0 Å². The van der Waals surface area contributed by atoms with Gasteiger partial charge in [-0.15, -0.1) is 11.8 Å². The quantitative estimate of drug-likeness (QED) is 0.469. The molecule has 1 rings (SSSR count). The molecule has 0 bridgehead atoms. The zero-order valence-corrected chi connectivity index (χ0v) is 6.61. The van der Waals surface area contributed by atoms with E-state index in [4.69, 9.17) is 9.84 Å². The number of aliphatic hydroxyl groups is 1. The molecule has 1 N–H and O–H groups in total. The third-order valence-corrected chi connectivity index (χ3v) is 2.65. The third-order valence-electron chi connectivity index (χ3n) is 1.33. The Bertz CT molecular complexity index is 142. The second-order valence-electron chi connectivity index (χ2n) is 2.38. The van der Waals surface area contributed by atoms with Gasteiger partial charge >= 0.3 is 5.97 Å². The molecule has 0 aromatic carbocycles. The predicted octanol–water partition coefficient (Wildman–Crippen LogP) is 0.0274. The molecule has 0 amide bonds. The van der Waals surface area contributed by atoms with Gasteiger partial charge in [0.15, 0.2) is 0 Å². The van der Waals surface area contributed by atoms with Gasteiger partial charge in [0.1, 0.15) is 11.4 Å². The summed E-state index contributed by atoms with van der Waals surface area (Å²) in [4.78, 5) is 10.9. The van der Waals surface area contributed by atoms with E-state index in [0.29, 0.717) is 0 Å². The number of esters is 1. The normalized spacial score (nSPS) is 29.8. The van der Waals surface area contributed by atoms with Crippen molar-refractivity contribution < 1.29 is 14.6 Å². The zero-order chi connectivity index (χ0) is 7.61. The van der Waals surface area contributed by atoms with Crippen LogP contribution in [-0.4, -0.2) is 34.8 Å². The Morgan fingerprint density at radius 2 is 2.50 bits per heavy atom. The summed E-state index contributed by atoms with van der Waals surface area (Å²) in [5, 5.41) is 8.32. The molecule has 1 saturated heterocycles. The summed E-state index contributed by atoms with van der Waals surface area (Å²) < 4.78 is 4.41. The summed E-state index contributed by atoms with van der Waals surface area (Å²) in [5.74, 6) is 0.642. The molecule has 1 aliphatic heterocycles. The van der Waals surface area contributed by atoms with E-state index in [0.717, 1.165) is 5.75 Å². The molecule has 3 nitrogen and oxygen atoms in total. The molecular weight excluding hydrogens is 152 g/mol. The number of aliphatic hydroxyl groups excluding tert-OH is 1. The lowest BCUT2D eigenvalue weighted by atomic mass is 10.2. The molecule has 58 valence electrons. The summed E-state index contributed by atoms with van der Waals surface area (Å²) in [6.07, 6.45) is 0. The lowest BCUT2D eigenvalue weighted by molar-refractivity contribution is -0.145. The minimum atomic E-state index is -0.296. The van der Waals surface area contributed by atoms with Crippen LogP contribution in [0.4, 0.5) is 0 Å². The molecule has 1 fully saturated rings. The lowest BCUT2D eigenvalue weighted by Crippen LogP contribution is -2.22. The van der Waals surface area contributed by atoms with Crippen LogP contribution in [0.1, 0.15) is 6.92 Å². The van der Waals surface area contributed by atoms with Crippen molar-refractivity contribution in [1.82, 2.24) is 0 Å². The Morgan fingerprint density at radius 3 is 2.90 bits per heavy atom. The van der Waals surface area contributed by atoms with Gasteiger partial charge in [-0.1, -0.05) is 0 Å². The smallest absolute Gasteiger partial charge is 0.322 e. The first-order valence-electron chi connectivity index (χ1n) is 3.11. The topological polar surface area (TPSA) is 46.5 Å². The van der Waals surface area contributed by atoms with E-state index in [9.17, 15) is 4.79 Å².